The summed E-state index contributed by atoms with van der Waals surface area (Å²) in [7, 11) is 1.31. The minimum atomic E-state index is -0.803. The Morgan fingerprint density at radius 3 is 2.60 bits per heavy atom. The molecule has 1 aromatic rings. The van der Waals surface area contributed by atoms with Gasteiger partial charge >= 0.3 is 5.97 Å². The molecule has 84 valence electrons. The van der Waals surface area contributed by atoms with Crippen LogP contribution in [-0.2, 0) is 14.9 Å². The van der Waals surface area contributed by atoms with E-state index in [4.69, 9.17) is 11.6 Å². The second kappa shape index (κ2) is 4.49. The van der Waals surface area contributed by atoms with Crippen LogP contribution in [0, 0.1) is 0 Å². The van der Waals surface area contributed by atoms with Crippen molar-refractivity contribution in [2.75, 3.05) is 7.11 Å². The third kappa shape index (κ3) is 2.92. The largest absolute Gasteiger partial charge is 0.468 e. The van der Waals surface area contributed by atoms with Crippen molar-refractivity contribution in [2.24, 2.45) is 0 Å². The number of rotatable bonds is 2. The van der Waals surface area contributed by atoms with Gasteiger partial charge in [0.25, 0.3) is 0 Å². The highest BCUT2D eigenvalue weighted by molar-refractivity contribution is 7.09. The summed E-state index contributed by atoms with van der Waals surface area (Å²) in [5, 5.41) is 1.96. The SMILES string of the molecule is COC(=O)C(Cl)c1csc(C(C)(C)C)n1. The van der Waals surface area contributed by atoms with Gasteiger partial charge in [-0.2, -0.15) is 0 Å². The first kappa shape index (κ1) is 12.5. The molecule has 0 N–H and O–H groups in total. The van der Waals surface area contributed by atoms with Gasteiger partial charge in [0.2, 0.25) is 0 Å². The van der Waals surface area contributed by atoms with Crippen molar-refractivity contribution in [3.05, 3.63) is 16.1 Å². The topological polar surface area (TPSA) is 39.2 Å². The second-order valence-electron chi connectivity index (χ2n) is 4.21. The van der Waals surface area contributed by atoms with Crippen molar-refractivity contribution < 1.29 is 9.53 Å². The van der Waals surface area contributed by atoms with E-state index in [1.165, 1.54) is 18.4 Å². The smallest absolute Gasteiger partial charge is 0.330 e. The first-order valence-corrected chi connectivity index (χ1v) is 5.85. The van der Waals surface area contributed by atoms with Crippen LogP contribution in [0.25, 0.3) is 0 Å². The van der Waals surface area contributed by atoms with Gasteiger partial charge in [0.1, 0.15) is 0 Å². The third-order valence-electron chi connectivity index (χ3n) is 1.83. The zero-order valence-electron chi connectivity index (χ0n) is 9.20. The quantitative estimate of drug-likeness (QED) is 0.596. The summed E-state index contributed by atoms with van der Waals surface area (Å²) in [5.74, 6) is -0.470. The van der Waals surface area contributed by atoms with Gasteiger partial charge in [-0.3, -0.25) is 4.79 Å². The molecule has 1 unspecified atom stereocenters. The van der Waals surface area contributed by atoms with Crippen molar-refractivity contribution in [3.8, 4) is 0 Å². The molecule has 0 bridgehead atoms. The van der Waals surface area contributed by atoms with Crippen LogP contribution in [0.1, 0.15) is 36.8 Å². The molecule has 0 fully saturated rings. The lowest BCUT2D eigenvalue weighted by Gasteiger charge is -2.13. The van der Waals surface area contributed by atoms with Gasteiger partial charge in [-0.1, -0.05) is 20.8 Å². The standard InChI is InChI=1S/C10H14ClNO2S/c1-10(2,3)9-12-6(5-15-9)7(11)8(13)14-4/h5,7H,1-4H3. The van der Waals surface area contributed by atoms with E-state index >= 15 is 0 Å². The molecule has 0 aliphatic rings. The second-order valence-corrected chi connectivity index (χ2v) is 5.51. The maximum atomic E-state index is 11.2. The molecule has 1 rings (SSSR count). The highest BCUT2D eigenvalue weighted by Crippen LogP contribution is 2.30. The van der Waals surface area contributed by atoms with Gasteiger partial charge in [0.05, 0.1) is 17.8 Å². The average molecular weight is 248 g/mol. The first-order valence-electron chi connectivity index (χ1n) is 4.54. The molecule has 0 aliphatic carbocycles. The van der Waals surface area contributed by atoms with Crippen molar-refractivity contribution in [2.45, 2.75) is 31.6 Å². The number of carbonyl (C=O) groups is 1. The number of hydrogen-bond acceptors (Lipinski definition) is 4. The molecule has 0 spiro atoms. The molecular weight excluding hydrogens is 234 g/mol. The number of methoxy groups -OCH3 is 1. The number of carbonyl (C=O) groups excluding carboxylic acids is 1. The van der Waals surface area contributed by atoms with Crippen LogP contribution in [0.2, 0.25) is 0 Å². The van der Waals surface area contributed by atoms with E-state index < -0.39 is 11.3 Å². The van der Waals surface area contributed by atoms with Crippen molar-refractivity contribution in [1.29, 1.82) is 0 Å². The molecule has 15 heavy (non-hydrogen) atoms. The Hall–Kier alpha value is -0.610. The van der Waals surface area contributed by atoms with Crippen LogP contribution in [0.15, 0.2) is 5.38 Å². The molecule has 1 aromatic heterocycles. The van der Waals surface area contributed by atoms with E-state index in [1.54, 1.807) is 5.38 Å². The summed E-state index contributed by atoms with van der Waals surface area (Å²) in [6, 6.07) is 0. The predicted molar refractivity (Wildman–Crippen MR) is 61.4 cm³/mol. The lowest BCUT2D eigenvalue weighted by Crippen LogP contribution is -2.12. The number of esters is 1. The lowest BCUT2D eigenvalue weighted by molar-refractivity contribution is -0.140. The molecule has 3 nitrogen and oxygen atoms in total. The van der Waals surface area contributed by atoms with Crippen LogP contribution in [0.3, 0.4) is 0 Å². The molecule has 1 heterocycles. The van der Waals surface area contributed by atoms with Crippen LogP contribution >= 0.6 is 22.9 Å². The molecule has 0 aliphatic heterocycles. The summed E-state index contributed by atoms with van der Waals surface area (Å²) in [5.41, 5.74) is 0.550. The van der Waals surface area contributed by atoms with Crippen molar-refractivity contribution in [1.82, 2.24) is 4.98 Å². The fourth-order valence-corrected chi connectivity index (χ4v) is 2.18. The summed E-state index contributed by atoms with van der Waals surface area (Å²) >= 11 is 7.40. The van der Waals surface area contributed by atoms with E-state index in [-0.39, 0.29) is 5.41 Å². The van der Waals surface area contributed by atoms with Gasteiger partial charge in [-0.25, -0.2) is 4.98 Å². The zero-order chi connectivity index (χ0) is 11.6. The maximum absolute atomic E-state index is 11.2. The number of ether oxygens (including phenoxy) is 1. The van der Waals surface area contributed by atoms with E-state index in [0.29, 0.717) is 5.69 Å². The maximum Gasteiger partial charge on any atom is 0.330 e. The lowest BCUT2D eigenvalue weighted by atomic mass is 9.98. The monoisotopic (exact) mass is 247 g/mol. The van der Waals surface area contributed by atoms with Crippen LogP contribution in [-0.4, -0.2) is 18.1 Å². The van der Waals surface area contributed by atoms with Crippen LogP contribution in [0.5, 0.6) is 0 Å². The zero-order valence-corrected chi connectivity index (χ0v) is 10.8. The van der Waals surface area contributed by atoms with Gasteiger partial charge in [-0.15, -0.1) is 22.9 Å². The normalized spacial score (nSPS) is 13.7. The summed E-state index contributed by atoms with van der Waals surface area (Å²) in [4.78, 5) is 15.5. The molecule has 0 aromatic carbocycles. The molecular formula is C10H14ClNO2S. The molecule has 1 atom stereocenters. The summed E-state index contributed by atoms with van der Waals surface area (Å²) in [6.07, 6.45) is 0. The van der Waals surface area contributed by atoms with Crippen molar-refractivity contribution >= 4 is 28.9 Å². The van der Waals surface area contributed by atoms with E-state index in [0.717, 1.165) is 5.01 Å². The Morgan fingerprint density at radius 1 is 1.60 bits per heavy atom. The highest BCUT2D eigenvalue weighted by atomic mass is 35.5. The van der Waals surface area contributed by atoms with Gasteiger partial charge in [-0.05, 0) is 0 Å². The Kier molecular flexibility index (Phi) is 3.73. The number of hydrogen-bond donors (Lipinski definition) is 0. The number of thiazole rings is 1. The van der Waals surface area contributed by atoms with E-state index in [9.17, 15) is 4.79 Å². The number of nitrogens with zero attached hydrogens (tertiary/aromatic N) is 1. The van der Waals surface area contributed by atoms with E-state index in [2.05, 4.69) is 30.5 Å². The number of halogens is 1. The summed E-state index contributed by atoms with van der Waals surface area (Å²) in [6.45, 7) is 6.20. The summed E-state index contributed by atoms with van der Waals surface area (Å²) < 4.78 is 4.56. The third-order valence-corrected chi connectivity index (χ3v) is 3.52. The van der Waals surface area contributed by atoms with E-state index in [1.807, 2.05) is 0 Å². The Bertz CT molecular complexity index is 357. The van der Waals surface area contributed by atoms with Gasteiger partial charge in [0, 0.05) is 10.8 Å². The Labute approximate surface area is 98.4 Å². The Balaban J connectivity index is 2.89. The minimum Gasteiger partial charge on any atom is -0.468 e. The van der Waals surface area contributed by atoms with Crippen LogP contribution < -0.4 is 0 Å². The molecule has 0 saturated heterocycles. The van der Waals surface area contributed by atoms with Gasteiger partial charge < -0.3 is 4.74 Å². The number of aromatic nitrogens is 1. The molecule has 0 amide bonds. The molecule has 0 saturated carbocycles. The first-order chi connectivity index (χ1) is 6.86. The molecule has 5 heteroatoms. The number of alkyl halides is 1. The van der Waals surface area contributed by atoms with Gasteiger partial charge in [0.15, 0.2) is 5.38 Å². The van der Waals surface area contributed by atoms with Crippen LogP contribution in [0.4, 0.5) is 0 Å². The van der Waals surface area contributed by atoms with Crippen molar-refractivity contribution in [3.63, 3.8) is 0 Å². The highest BCUT2D eigenvalue weighted by Gasteiger charge is 2.24. The molecule has 0 radical (unpaired) electrons. The predicted octanol–water partition coefficient (Wildman–Crippen LogP) is 2.89. The minimum absolute atomic E-state index is 0.0182. The average Bonchev–Trinajstić information content (AvgIpc) is 2.63. The fourth-order valence-electron chi connectivity index (χ4n) is 0.971. The fraction of sp³-hybridized carbons (Fsp3) is 0.600. The Morgan fingerprint density at radius 2 is 2.20 bits per heavy atom.